The first-order chi connectivity index (χ1) is 9.88. The van der Waals surface area contributed by atoms with Gasteiger partial charge in [0.15, 0.2) is 0 Å². The van der Waals surface area contributed by atoms with Crippen LogP contribution >= 0.6 is 0 Å². The van der Waals surface area contributed by atoms with E-state index in [-0.39, 0.29) is 6.61 Å². The van der Waals surface area contributed by atoms with E-state index in [1.165, 1.54) is 70.6 Å². The second kappa shape index (κ2) is 12.6. The molecule has 0 aromatic heterocycles. The molecular formula is C17H36N2O. The quantitative estimate of drug-likeness (QED) is 0.508. The standard InChI is InChI=1S/C17H36N2O/c1-2-3-4-5-6-7-8-9-10-11-12-17-18-13-14-19(17)15-16-20/h17-18,20H,2-16H2,1H3. The fraction of sp³-hybridized carbons (Fsp3) is 1.00. The van der Waals surface area contributed by atoms with Gasteiger partial charge < -0.3 is 10.4 Å². The minimum atomic E-state index is 0.288. The third kappa shape index (κ3) is 8.23. The van der Waals surface area contributed by atoms with E-state index in [9.17, 15) is 0 Å². The summed E-state index contributed by atoms with van der Waals surface area (Å²) in [4.78, 5) is 2.38. The first kappa shape index (κ1) is 17.9. The lowest BCUT2D eigenvalue weighted by Gasteiger charge is -2.22. The van der Waals surface area contributed by atoms with Crippen LogP contribution in [0.3, 0.4) is 0 Å². The number of aliphatic hydroxyl groups excluding tert-OH is 1. The molecular weight excluding hydrogens is 248 g/mol. The van der Waals surface area contributed by atoms with Gasteiger partial charge >= 0.3 is 0 Å². The van der Waals surface area contributed by atoms with Crippen molar-refractivity contribution in [3.63, 3.8) is 0 Å². The molecule has 1 saturated heterocycles. The lowest BCUT2D eigenvalue weighted by molar-refractivity contribution is 0.171. The van der Waals surface area contributed by atoms with Gasteiger partial charge in [-0.05, 0) is 6.42 Å². The third-order valence-electron chi connectivity index (χ3n) is 4.44. The number of aliphatic hydroxyl groups is 1. The smallest absolute Gasteiger partial charge is 0.0598 e. The molecule has 20 heavy (non-hydrogen) atoms. The molecule has 0 bridgehead atoms. The molecule has 1 aliphatic rings. The van der Waals surface area contributed by atoms with E-state index in [1.807, 2.05) is 0 Å². The van der Waals surface area contributed by atoms with E-state index in [1.54, 1.807) is 0 Å². The average Bonchev–Trinajstić information content (AvgIpc) is 2.89. The molecule has 0 aromatic rings. The molecule has 1 aliphatic heterocycles. The van der Waals surface area contributed by atoms with Gasteiger partial charge in [-0.1, -0.05) is 71.1 Å². The fourth-order valence-corrected chi connectivity index (χ4v) is 3.17. The number of rotatable bonds is 13. The molecule has 2 N–H and O–H groups in total. The first-order valence-corrected chi connectivity index (χ1v) is 8.96. The molecule has 1 fully saturated rings. The van der Waals surface area contributed by atoms with Crippen LogP contribution in [-0.4, -0.2) is 42.4 Å². The van der Waals surface area contributed by atoms with E-state index < -0.39 is 0 Å². The minimum Gasteiger partial charge on any atom is -0.395 e. The minimum absolute atomic E-state index is 0.288. The normalized spacial score (nSPS) is 19.8. The summed E-state index contributed by atoms with van der Waals surface area (Å²) < 4.78 is 0. The lowest BCUT2D eigenvalue weighted by atomic mass is 10.1. The van der Waals surface area contributed by atoms with Crippen LogP contribution in [0.15, 0.2) is 0 Å². The van der Waals surface area contributed by atoms with Crippen molar-refractivity contribution in [2.75, 3.05) is 26.2 Å². The van der Waals surface area contributed by atoms with E-state index >= 15 is 0 Å². The molecule has 1 atom stereocenters. The summed E-state index contributed by atoms with van der Waals surface area (Å²) in [6.07, 6.45) is 15.8. The molecule has 0 spiro atoms. The molecule has 0 radical (unpaired) electrons. The maximum atomic E-state index is 9.02. The zero-order valence-electron chi connectivity index (χ0n) is 13.6. The largest absolute Gasteiger partial charge is 0.395 e. The predicted molar refractivity (Wildman–Crippen MR) is 86.9 cm³/mol. The zero-order chi connectivity index (χ0) is 14.5. The van der Waals surface area contributed by atoms with Crippen LogP contribution in [0, 0.1) is 0 Å². The van der Waals surface area contributed by atoms with Gasteiger partial charge in [0.05, 0.1) is 12.8 Å². The number of unbranched alkanes of at least 4 members (excludes halogenated alkanes) is 9. The maximum Gasteiger partial charge on any atom is 0.0598 e. The van der Waals surface area contributed by atoms with Crippen LogP contribution in [0.4, 0.5) is 0 Å². The maximum absolute atomic E-state index is 9.02. The Labute approximate surface area is 126 Å². The summed E-state index contributed by atoms with van der Waals surface area (Å²) >= 11 is 0. The van der Waals surface area contributed by atoms with Crippen LogP contribution in [-0.2, 0) is 0 Å². The number of nitrogens with one attached hydrogen (secondary N) is 1. The number of β-amino-alcohol motifs (C(OH)–C–C–N with tert-alkyl or cyclic N) is 1. The van der Waals surface area contributed by atoms with Crippen LogP contribution < -0.4 is 5.32 Å². The highest BCUT2D eigenvalue weighted by molar-refractivity contribution is 4.77. The van der Waals surface area contributed by atoms with Gasteiger partial charge in [-0.25, -0.2) is 0 Å². The van der Waals surface area contributed by atoms with Gasteiger partial charge in [0.25, 0.3) is 0 Å². The highest BCUT2D eigenvalue weighted by atomic mass is 16.3. The first-order valence-electron chi connectivity index (χ1n) is 8.96. The van der Waals surface area contributed by atoms with Gasteiger partial charge in [0.2, 0.25) is 0 Å². The van der Waals surface area contributed by atoms with Crippen LogP contribution in [0.5, 0.6) is 0 Å². The van der Waals surface area contributed by atoms with Gasteiger partial charge in [-0.15, -0.1) is 0 Å². The van der Waals surface area contributed by atoms with E-state index in [0.29, 0.717) is 6.17 Å². The second-order valence-corrected chi connectivity index (χ2v) is 6.20. The summed E-state index contributed by atoms with van der Waals surface area (Å²) in [7, 11) is 0. The van der Waals surface area contributed by atoms with Gasteiger partial charge in [-0.2, -0.15) is 0 Å². The van der Waals surface area contributed by atoms with Crippen molar-refractivity contribution in [3.05, 3.63) is 0 Å². The zero-order valence-corrected chi connectivity index (χ0v) is 13.6. The van der Waals surface area contributed by atoms with Crippen molar-refractivity contribution in [1.82, 2.24) is 10.2 Å². The van der Waals surface area contributed by atoms with Crippen LogP contribution in [0.25, 0.3) is 0 Å². The Bertz CT molecular complexity index is 211. The van der Waals surface area contributed by atoms with Crippen molar-refractivity contribution in [2.24, 2.45) is 0 Å². The topological polar surface area (TPSA) is 35.5 Å². The van der Waals surface area contributed by atoms with E-state index in [2.05, 4.69) is 17.1 Å². The molecule has 0 aliphatic carbocycles. The molecule has 3 heteroatoms. The summed E-state index contributed by atoms with van der Waals surface area (Å²) in [5.74, 6) is 0. The molecule has 0 saturated carbocycles. The Hall–Kier alpha value is -0.120. The predicted octanol–water partition coefficient (Wildman–Crippen LogP) is 3.52. The molecule has 3 nitrogen and oxygen atoms in total. The Morgan fingerprint density at radius 3 is 2.15 bits per heavy atom. The highest BCUT2D eigenvalue weighted by Crippen LogP contribution is 2.14. The Kier molecular flexibility index (Phi) is 11.3. The molecule has 120 valence electrons. The van der Waals surface area contributed by atoms with Crippen molar-refractivity contribution in [1.29, 1.82) is 0 Å². The number of hydrogen-bond donors (Lipinski definition) is 2. The van der Waals surface area contributed by atoms with Crippen molar-refractivity contribution in [2.45, 2.75) is 83.7 Å². The SMILES string of the molecule is CCCCCCCCCCCCC1NCCN1CCO. The Balaban J connectivity index is 1.84. The summed E-state index contributed by atoms with van der Waals surface area (Å²) in [6.45, 7) is 5.58. The Morgan fingerprint density at radius 1 is 0.950 bits per heavy atom. The Morgan fingerprint density at radius 2 is 1.55 bits per heavy atom. The molecule has 0 amide bonds. The van der Waals surface area contributed by atoms with Crippen LogP contribution in [0.1, 0.15) is 77.6 Å². The molecule has 1 unspecified atom stereocenters. The second-order valence-electron chi connectivity index (χ2n) is 6.20. The summed E-state index contributed by atoms with van der Waals surface area (Å²) in [6, 6.07) is 0. The summed E-state index contributed by atoms with van der Waals surface area (Å²) in [5.41, 5.74) is 0. The summed E-state index contributed by atoms with van der Waals surface area (Å²) in [5, 5.41) is 12.6. The van der Waals surface area contributed by atoms with Gasteiger partial charge in [0, 0.05) is 19.6 Å². The van der Waals surface area contributed by atoms with Crippen molar-refractivity contribution >= 4 is 0 Å². The van der Waals surface area contributed by atoms with Crippen molar-refractivity contribution < 1.29 is 5.11 Å². The highest BCUT2D eigenvalue weighted by Gasteiger charge is 2.22. The fourth-order valence-electron chi connectivity index (χ4n) is 3.17. The molecule has 1 heterocycles. The monoisotopic (exact) mass is 284 g/mol. The van der Waals surface area contributed by atoms with E-state index in [0.717, 1.165) is 19.6 Å². The average molecular weight is 284 g/mol. The van der Waals surface area contributed by atoms with Gasteiger partial charge in [0.1, 0.15) is 0 Å². The molecule has 1 rings (SSSR count). The van der Waals surface area contributed by atoms with Crippen molar-refractivity contribution in [3.8, 4) is 0 Å². The van der Waals surface area contributed by atoms with Gasteiger partial charge in [-0.3, -0.25) is 4.90 Å². The van der Waals surface area contributed by atoms with E-state index in [4.69, 9.17) is 5.11 Å². The molecule has 0 aromatic carbocycles. The number of hydrogen-bond acceptors (Lipinski definition) is 3. The lowest BCUT2D eigenvalue weighted by Crippen LogP contribution is -2.37. The third-order valence-corrected chi connectivity index (χ3v) is 4.44. The van der Waals surface area contributed by atoms with Crippen LogP contribution in [0.2, 0.25) is 0 Å². The number of nitrogens with zero attached hydrogens (tertiary/aromatic N) is 1.